The maximum absolute atomic E-state index is 13.1. The first kappa shape index (κ1) is 27.6. The molecule has 9 heteroatoms. The molecule has 1 aromatic heterocycles. The molecule has 0 bridgehead atoms. The Labute approximate surface area is 201 Å². The molecule has 2 rings (SSSR count). The van der Waals surface area contributed by atoms with Crippen LogP contribution < -0.4 is 14.8 Å². The van der Waals surface area contributed by atoms with Crippen molar-refractivity contribution >= 4 is 17.8 Å². The highest BCUT2D eigenvalue weighted by Gasteiger charge is 2.33. The summed E-state index contributed by atoms with van der Waals surface area (Å²) in [5.74, 6) is -1.26. The van der Waals surface area contributed by atoms with Gasteiger partial charge in [0, 0.05) is 18.9 Å². The third-order valence-electron chi connectivity index (χ3n) is 6.08. The quantitative estimate of drug-likeness (QED) is 0.566. The van der Waals surface area contributed by atoms with E-state index in [1.165, 1.54) is 19.4 Å². The average molecular weight is 479 g/mol. The number of hydrogen-bond donors (Lipinski definition) is 1. The molecule has 1 aromatic rings. The molecule has 0 spiro atoms. The monoisotopic (exact) mass is 478 g/mol. The molecule has 0 saturated carbocycles. The zero-order chi connectivity index (χ0) is 25.4. The molecule has 4 atom stereocenters. The summed E-state index contributed by atoms with van der Waals surface area (Å²) in [6.45, 7) is 12.1. The number of rotatable bonds is 8. The predicted molar refractivity (Wildman–Crippen MR) is 126 cm³/mol. The fourth-order valence-electron chi connectivity index (χ4n) is 3.60. The van der Waals surface area contributed by atoms with Crippen molar-refractivity contribution in [1.29, 1.82) is 0 Å². The van der Waals surface area contributed by atoms with Gasteiger partial charge in [0.25, 0.3) is 5.91 Å². The van der Waals surface area contributed by atoms with E-state index in [0.29, 0.717) is 12.5 Å². The number of aromatic nitrogens is 1. The molecule has 0 aromatic carbocycles. The number of nitrogens with zero attached hydrogens (tertiary/aromatic N) is 1. The Morgan fingerprint density at radius 3 is 2.53 bits per heavy atom. The van der Waals surface area contributed by atoms with Gasteiger partial charge in [-0.05, 0) is 31.1 Å². The minimum absolute atomic E-state index is 0.0344. The molecule has 1 N–H and O–H groups in total. The predicted octanol–water partition coefficient (Wildman–Crippen LogP) is 3.40. The summed E-state index contributed by atoms with van der Waals surface area (Å²) in [7, 11) is 1.39. The molecule has 1 amide bonds. The van der Waals surface area contributed by atoms with Crippen molar-refractivity contribution in [3.63, 3.8) is 0 Å². The first-order valence-corrected chi connectivity index (χ1v) is 11.9. The lowest BCUT2D eigenvalue weighted by molar-refractivity contribution is -0.153. The van der Waals surface area contributed by atoms with E-state index in [1.807, 2.05) is 6.92 Å². The van der Waals surface area contributed by atoms with E-state index in [1.54, 1.807) is 13.8 Å². The minimum Gasteiger partial charge on any atom is -0.493 e. The Bertz CT molecular complexity index is 856. The lowest BCUT2D eigenvalue weighted by atomic mass is 9.85. The highest BCUT2D eigenvalue weighted by atomic mass is 16.6. The first-order valence-electron chi connectivity index (χ1n) is 11.9. The van der Waals surface area contributed by atoms with Crippen LogP contribution in [0.4, 0.5) is 0 Å². The van der Waals surface area contributed by atoms with Gasteiger partial charge >= 0.3 is 11.9 Å². The highest BCUT2D eigenvalue weighted by molar-refractivity contribution is 5.98. The van der Waals surface area contributed by atoms with Crippen molar-refractivity contribution in [3.05, 3.63) is 18.0 Å². The second-order valence-electron chi connectivity index (χ2n) is 9.56. The minimum atomic E-state index is -1.03. The van der Waals surface area contributed by atoms with E-state index in [-0.39, 0.29) is 41.7 Å². The number of carbonyl (C=O) groups excluding carboxylic acids is 3. The molecule has 1 fully saturated rings. The topological polar surface area (TPSA) is 113 Å². The Kier molecular flexibility index (Phi) is 10.3. The summed E-state index contributed by atoms with van der Waals surface area (Å²) in [5.41, 5.74) is -0.169. The van der Waals surface area contributed by atoms with Crippen molar-refractivity contribution < 1.29 is 33.3 Å². The van der Waals surface area contributed by atoms with Crippen LogP contribution in [0, 0.1) is 23.7 Å². The number of carbonyl (C=O) groups is 3. The van der Waals surface area contributed by atoms with Gasteiger partial charge in [0.2, 0.25) is 5.75 Å². The van der Waals surface area contributed by atoms with Crippen LogP contribution in [0.2, 0.25) is 0 Å². The largest absolute Gasteiger partial charge is 0.493 e. The van der Waals surface area contributed by atoms with Crippen molar-refractivity contribution in [2.75, 3.05) is 20.3 Å². The van der Waals surface area contributed by atoms with Gasteiger partial charge in [0.1, 0.15) is 6.10 Å². The number of pyridine rings is 1. The standard InChI is InChI=1S/C25H38N2O7/c1-14(2)8-9-18-12-32-13-19(25(30)33-17(6)16(18)5)27-23(28)21-22(34-24(29)15(3)4)20(31-7)10-11-26-21/h10-11,14-19H,8-9,12-13H2,1-7H3,(H,27,28)/t16-,17-,18-,19-/m0/s1. The Morgan fingerprint density at radius 2 is 1.91 bits per heavy atom. The second kappa shape index (κ2) is 12.7. The molecule has 34 heavy (non-hydrogen) atoms. The average Bonchev–Trinajstić information content (AvgIpc) is 2.83. The van der Waals surface area contributed by atoms with Gasteiger partial charge in [0.05, 0.1) is 19.6 Å². The Balaban J connectivity index is 2.20. The molecule has 2 heterocycles. The van der Waals surface area contributed by atoms with E-state index in [2.05, 4.69) is 31.1 Å². The summed E-state index contributed by atoms with van der Waals surface area (Å²) in [6.07, 6.45) is 3.05. The number of amides is 1. The third-order valence-corrected chi connectivity index (χ3v) is 6.08. The fourth-order valence-corrected chi connectivity index (χ4v) is 3.60. The van der Waals surface area contributed by atoms with Crippen LogP contribution in [-0.4, -0.2) is 55.3 Å². The zero-order valence-electron chi connectivity index (χ0n) is 21.3. The van der Waals surface area contributed by atoms with Gasteiger partial charge in [-0.1, -0.05) is 41.0 Å². The molecule has 0 aliphatic carbocycles. The molecule has 190 valence electrons. The Morgan fingerprint density at radius 1 is 1.21 bits per heavy atom. The van der Waals surface area contributed by atoms with E-state index < -0.39 is 29.8 Å². The molecular weight excluding hydrogens is 440 g/mol. The fraction of sp³-hybridized carbons (Fsp3) is 0.680. The van der Waals surface area contributed by atoms with Gasteiger partial charge in [-0.15, -0.1) is 0 Å². The first-order chi connectivity index (χ1) is 16.0. The lowest BCUT2D eigenvalue weighted by Gasteiger charge is -2.28. The van der Waals surface area contributed by atoms with E-state index in [0.717, 1.165) is 12.8 Å². The Hall–Kier alpha value is -2.68. The molecule has 1 aliphatic rings. The van der Waals surface area contributed by atoms with Crippen LogP contribution in [0.5, 0.6) is 11.5 Å². The molecule has 0 radical (unpaired) electrons. The van der Waals surface area contributed by atoms with Crippen LogP contribution in [0.25, 0.3) is 0 Å². The maximum Gasteiger partial charge on any atom is 0.331 e. The van der Waals surface area contributed by atoms with E-state index in [4.69, 9.17) is 18.9 Å². The number of methoxy groups -OCH3 is 1. The van der Waals surface area contributed by atoms with Crippen molar-refractivity contribution in [1.82, 2.24) is 10.3 Å². The van der Waals surface area contributed by atoms with E-state index >= 15 is 0 Å². The summed E-state index contributed by atoms with van der Waals surface area (Å²) >= 11 is 0. The van der Waals surface area contributed by atoms with Gasteiger partial charge in [-0.25, -0.2) is 9.78 Å². The van der Waals surface area contributed by atoms with Gasteiger partial charge in [-0.3, -0.25) is 9.59 Å². The number of ether oxygens (including phenoxy) is 4. The number of nitrogens with one attached hydrogen (secondary N) is 1. The summed E-state index contributed by atoms with van der Waals surface area (Å²) in [6, 6.07) is 0.449. The van der Waals surface area contributed by atoms with Gasteiger partial charge in [-0.2, -0.15) is 0 Å². The number of hydrogen-bond acceptors (Lipinski definition) is 8. The summed E-state index contributed by atoms with van der Waals surface area (Å²) < 4.78 is 22.2. The van der Waals surface area contributed by atoms with Gasteiger partial charge in [0.15, 0.2) is 17.5 Å². The highest BCUT2D eigenvalue weighted by Crippen LogP contribution is 2.31. The molecule has 0 unspecified atom stereocenters. The number of cyclic esters (lactones) is 1. The van der Waals surface area contributed by atoms with Crippen LogP contribution in [-0.2, 0) is 19.1 Å². The van der Waals surface area contributed by atoms with Crippen molar-refractivity contribution in [2.45, 2.75) is 66.5 Å². The second-order valence-corrected chi connectivity index (χ2v) is 9.56. The lowest BCUT2D eigenvalue weighted by Crippen LogP contribution is -2.46. The van der Waals surface area contributed by atoms with Crippen molar-refractivity contribution in [2.24, 2.45) is 23.7 Å². The van der Waals surface area contributed by atoms with Crippen LogP contribution in [0.3, 0.4) is 0 Å². The zero-order valence-corrected chi connectivity index (χ0v) is 21.3. The van der Waals surface area contributed by atoms with Crippen LogP contribution in [0.15, 0.2) is 12.3 Å². The third kappa shape index (κ3) is 7.41. The van der Waals surface area contributed by atoms with Crippen molar-refractivity contribution in [3.8, 4) is 11.5 Å². The molecule has 9 nitrogen and oxygen atoms in total. The summed E-state index contributed by atoms with van der Waals surface area (Å²) in [4.78, 5) is 42.2. The normalized spacial score (nSPS) is 23.5. The number of esters is 2. The molecule has 1 aliphatic heterocycles. The van der Waals surface area contributed by atoms with Crippen LogP contribution in [0.1, 0.15) is 64.9 Å². The summed E-state index contributed by atoms with van der Waals surface area (Å²) in [5, 5.41) is 2.63. The van der Waals surface area contributed by atoms with Gasteiger partial charge < -0.3 is 24.3 Å². The SMILES string of the molecule is COc1ccnc(C(=O)N[C@H]2COC[C@H](CCC(C)C)[C@@H](C)[C@H](C)OC2=O)c1OC(=O)C(C)C. The molecule has 1 saturated heterocycles. The molecular formula is C25H38N2O7. The smallest absolute Gasteiger partial charge is 0.331 e. The van der Waals surface area contributed by atoms with Crippen LogP contribution >= 0.6 is 0 Å². The van der Waals surface area contributed by atoms with E-state index in [9.17, 15) is 14.4 Å². The maximum atomic E-state index is 13.1.